The lowest BCUT2D eigenvalue weighted by atomic mass is 10.2. The fourth-order valence-electron chi connectivity index (χ4n) is 1.55. The van der Waals surface area contributed by atoms with Crippen LogP contribution in [0.1, 0.15) is 30.2 Å². The van der Waals surface area contributed by atoms with Gasteiger partial charge in [-0.05, 0) is 26.0 Å². The van der Waals surface area contributed by atoms with E-state index in [-0.39, 0.29) is 11.8 Å². The molecule has 106 valence electrons. The van der Waals surface area contributed by atoms with Gasteiger partial charge in [0.2, 0.25) is 0 Å². The zero-order valence-corrected chi connectivity index (χ0v) is 10.8. The highest BCUT2D eigenvalue weighted by atomic mass is 19.1. The van der Waals surface area contributed by atoms with Crippen LogP contribution in [0.25, 0.3) is 0 Å². The Labute approximate surface area is 113 Å². The van der Waals surface area contributed by atoms with Crippen LogP contribution >= 0.6 is 0 Å². The summed E-state index contributed by atoms with van der Waals surface area (Å²) in [7, 11) is 0. The Morgan fingerprint density at radius 3 is 2.40 bits per heavy atom. The number of nitrogens with zero attached hydrogens (tertiary/aromatic N) is 2. The number of carbonyl (C=O) groups is 1. The number of aromatic carboxylic acids is 1. The molecule has 7 heteroatoms. The van der Waals surface area contributed by atoms with Crippen molar-refractivity contribution >= 4 is 5.97 Å². The molecule has 1 heterocycles. The summed E-state index contributed by atoms with van der Waals surface area (Å²) < 4.78 is 34.0. The van der Waals surface area contributed by atoms with Gasteiger partial charge in [0.15, 0.2) is 23.1 Å². The summed E-state index contributed by atoms with van der Waals surface area (Å²) in [5.41, 5.74) is -0.481. The van der Waals surface area contributed by atoms with Crippen molar-refractivity contribution in [1.82, 2.24) is 9.78 Å². The molecule has 0 bridgehead atoms. The molecule has 0 unspecified atom stereocenters. The number of halogens is 2. The lowest BCUT2D eigenvalue weighted by Crippen LogP contribution is -2.01. The molecule has 0 aliphatic rings. The quantitative estimate of drug-likeness (QED) is 0.935. The number of ether oxygens (including phenoxy) is 1. The van der Waals surface area contributed by atoms with Crippen molar-refractivity contribution in [2.45, 2.75) is 19.9 Å². The van der Waals surface area contributed by atoms with Gasteiger partial charge in [-0.15, -0.1) is 0 Å². The molecule has 0 atom stereocenters. The topological polar surface area (TPSA) is 64.3 Å². The molecule has 20 heavy (non-hydrogen) atoms. The predicted molar refractivity (Wildman–Crippen MR) is 66.0 cm³/mol. The van der Waals surface area contributed by atoms with Gasteiger partial charge in [-0.25, -0.2) is 13.6 Å². The third kappa shape index (κ3) is 2.76. The number of carboxylic acid groups (broad SMARTS) is 1. The van der Waals surface area contributed by atoms with Crippen LogP contribution in [0.5, 0.6) is 11.5 Å². The van der Waals surface area contributed by atoms with Crippen LogP contribution in [0, 0.1) is 11.6 Å². The highest BCUT2D eigenvalue weighted by molar-refractivity contribution is 5.87. The fourth-order valence-corrected chi connectivity index (χ4v) is 1.55. The van der Waals surface area contributed by atoms with Crippen LogP contribution < -0.4 is 4.74 Å². The normalized spacial score (nSPS) is 10.8. The Morgan fingerprint density at radius 2 is 1.95 bits per heavy atom. The fraction of sp³-hybridized carbons (Fsp3) is 0.231. The minimum atomic E-state index is -1.41. The lowest BCUT2D eigenvalue weighted by Gasteiger charge is -2.07. The standard InChI is InChI=1S/C13H12F2N2O3/c1-7(2)17-6-9(5-16-17)20-12-10(14)3-8(13(18)19)4-11(12)15/h3-7H,1-2H3,(H,18,19). The van der Waals surface area contributed by atoms with Crippen molar-refractivity contribution in [3.63, 3.8) is 0 Å². The largest absolute Gasteiger partial charge is 0.478 e. The molecule has 0 fully saturated rings. The third-order valence-corrected chi connectivity index (χ3v) is 2.57. The second-order valence-electron chi connectivity index (χ2n) is 4.43. The summed E-state index contributed by atoms with van der Waals surface area (Å²) in [6.07, 6.45) is 2.82. The van der Waals surface area contributed by atoms with E-state index in [9.17, 15) is 13.6 Å². The Kier molecular flexibility index (Phi) is 3.69. The molecular formula is C13H12F2N2O3. The number of hydrogen-bond donors (Lipinski definition) is 1. The summed E-state index contributed by atoms with van der Waals surface area (Å²) in [6, 6.07) is 1.48. The molecule has 0 aliphatic carbocycles. The molecule has 0 spiro atoms. The molecule has 0 aliphatic heterocycles. The molecule has 1 N–H and O–H groups in total. The van der Waals surface area contributed by atoms with Crippen LogP contribution in [-0.4, -0.2) is 20.9 Å². The van der Waals surface area contributed by atoms with Crippen LogP contribution in [0.2, 0.25) is 0 Å². The molecule has 0 amide bonds. The van der Waals surface area contributed by atoms with E-state index >= 15 is 0 Å². The van der Waals surface area contributed by atoms with Crippen molar-refractivity contribution < 1.29 is 23.4 Å². The SMILES string of the molecule is CC(C)n1cc(Oc2c(F)cc(C(=O)O)cc2F)cn1. The Bertz CT molecular complexity index is 630. The van der Waals surface area contributed by atoms with Gasteiger partial charge in [-0.3, -0.25) is 4.68 Å². The molecular weight excluding hydrogens is 270 g/mol. The lowest BCUT2D eigenvalue weighted by molar-refractivity contribution is 0.0695. The zero-order valence-electron chi connectivity index (χ0n) is 10.8. The molecule has 1 aromatic carbocycles. The minimum Gasteiger partial charge on any atom is -0.478 e. The first-order chi connectivity index (χ1) is 9.38. The molecule has 1 aromatic heterocycles. The second kappa shape index (κ2) is 5.28. The van der Waals surface area contributed by atoms with Crippen molar-refractivity contribution in [1.29, 1.82) is 0 Å². The number of hydrogen-bond acceptors (Lipinski definition) is 3. The molecule has 0 radical (unpaired) electrons. The summed E-state index contributed by atoms with van der Waals surface area (Å²) in [4.78, 5) is 10.7. The zero-order chi connectivity index (χ0) is 14.9. The van der Waals surface area contributed by atoms with E-state index in [0.29, 0.717) is 12.1 Å². The average molecular weight is 282 g/mol. The maximum Gasteiger partial charge on any atom is 0.335 e. The van der Waals surface area contributed by atoms with Crippen molar-refractivity contribution in [3.8, 4) is 11.5 Å². The third-order valence-electron chi connectivity index (χ3n) is 2.57. The summed E-state index contributed by atoms with van der Waals surface area (Å²) >= 11 is 0. The van der Waals surface area contributed by atoms with Gasteiger partial charge in [0.05, 0.1) is 18.0 Å². The van der Waals surface area contributed by atoms with Gasteiger partial charge >= 0.3 is 5.97 Å². The molecule has 2 aromatic rings. The molecule has 2 rings (SSSR count). The van der Waals surface area contributed by atoms with Crippen molar-refractivity contribution in [3.05, 3.63) is 41.7 Å². The molecule has 0 saturated heterocycles. The van der Waals surface area contributed by atoms with Gasteiger partial charge in [0.25, 0.3) is 0 Å². The first-order valence-electron chi connectivity index (χ1n) is 5.83. The van der Waals surface area contributed by atoms with E-state index in [1.165, 1.54) is 12.4 Å². The Morgan fingerprint density at radius 1 is 1.35 bits per heavy atom. The number of benzene rings is 1. The monoisotopic (exact) mass is 282 g/mol. The van der Waals surface area contributed by atoms with E-state index in [1.54, 1.807) is 4.68 Å². The van der Waals surface area contributed by atoms with Crippen LogP contribution in [-0.2, 0) is 0 Å². The van der Waals surface area contributed by atoms with E-state index in [2.05, 4.69) is 5.10 Å². The maximum atomic E-state index is 13.7. The molecule has 0 saturated carbocycles. The van der Waals surface area contributed by atoms with Gasteiger partial charge in [0, 0.05) is 6.04 Å². The second-order valence-corrected chi connectivity index (χ2v) is 4.43. The predicted octanol–water partition coefficient (Wildman–Crippen LogP) is 3.23. The maximum absolute atomic E-state index is 13.7. The molecule has 5 nitrogen and oxygen atoms in total. The number of carboxylic acids is 1. The van der Waals surface area contributed by atoms with Crippen molar-refractivity contribution in [2.24, 2.45) is 0 Å². The van der Waals surface area contributed by atoms with E-state index in [4.69, 9.17) is 9.84 Å². The minimum absolute atomic E-state index is 0.0800. The van der Waals surface area contributed by atoms with Crippen LogP contribution in [0.3, 0.4) is 0 Å². The van der Waals surface area contributed by atoms with Crippen LogP contribution in [0.4, 0.5) is 8.78 Å². The van der Waals surface area contributed by atoms with E-state index < -0.39 is 28.9 Å². The smallest absolute Gasteiger partial charge is 0.335 e. The highest BCUT2D eigenvalue weighted by Gasteiger charge is 2.17. The first kappa shape index (κ1) is 14.0. The first-order valence-corrected chi connectivity index (χ1v) is 5.83. The van der Waals surface area contributed by atoms with E-state index in [1.807, 2.05) is 13.8 Å². The van der Waals surface area contributed by atoms with Gasteiger partial charge in [-0.1, -0.05) is 0 Å². The Hall–Kier alpha value is -2.44. The number of rotatable bonds is 4. The highest BCUT2D eigenvalue weighted by Crippen LogP contribution is 2.28. The summed E-state index contributed by atoms with van der Waals surface area (Å²) in [6.45, 7) is 3.78. The van der Waals surface area contributed by atoms with Crippen LogP contribution in [0.15, 0.2) is 24.5 Å². The summed E-state index contributed by atoms with van der Waals surface area (Å²) in [5, 5.41) is 12.7. The van der Waals surface area contributed by atoms with Crippen molar-refractivity contribution in [2.75, 3.05) is 0 Å². The van der Waals surface area contributed by atoms with Gasteiger partial charge in [-0.2, -0.15) is 5.10 Å². The van der Waals surface area contributed by atoms with Gasteiger partial charge < -0.3 is 9.84 Å². The average Bonchev–Trinajstić information content (AvgIpc) is 2.82. The summed E-state index contributed by atoms with van der Waals surface area (Å²) in [5.74, 6) is -4.07. The Balaban J connectivity index is 2.31. The van der Waals surface area contributed by atoms with Gasteiger partial charge in [0.1, 0.15) is 0 Å². The number of aromatic nitrogens is 2. The van der Waals surface area contributed by atoms with E-state index in [0.717, 1.165) is 0 Å².